The molecule has 0 bridgehead atoms. The van der Waals surface area contributed by atoms with Crippen LogP contribution in [0.3, 0.4) is 0 Å². The van der Waals surface area contributed by atoms with Crippen molar-refractivity contribution in [2.75, 3.05) is 0 Å². The Morgan fingerprint density at radius 3 is 1.71 bits per heavy atom. The highest BCUT2D eigenvalue weighted by molar-refractivity contribution is 6.27. The summed E-state index contributed by atoms with van der Waals surface area (Å²) in [7, 11) is 0. The molecule has 0 unspecified atom stereocenters. The van der Waals surface area contributed by atoms with Gasteiger partial charge >= 0.3 is 0 Å². The van der Waals surface area contributed by atoms with Crippen LogP contribution in [0.1, 0.15) is 6.92 Å². The number of aryl methyl sites for hydroxylation is 1. The minimum absolute atomic E-state index is 0.871. The van der Waals surface area contributed by atoms with Gasteiger partial charge in [-0.25, -0.2) is 9.97 Å². The van der Waals surface area contributed by atoms with Crippen molar-refractivity contribution in [2.45, 2.75) is 13.5 Å². The molecule has 11 rings (SSSR count). The maximum Gasteiger partial charge on any atom is 0.141 e. The molecule has 0 fully saturated rings. The van der Waals surface area contributed by atoms with Crippen LogP contribution >= 0.6 is 0 Å². The van der Waals surface area contributed by atoms with E-state index in [1.165, 1.54) is 43.8 Å². The number of para-hydroxylation sites is 4. The molecule has 0 aliphatic heterocycles. The number of hydrogen-bond acceptors (Lipinski definition) is 2. The van der Waals surface area contributed by atoms with E-state index in [0.29, 0.717) is 0 Å². The van der Waals surface area contributed by atoms with Crippen LogP contribution in [0.4, 0.5) is 0 Å². The van der Waals surface area contributed by atoms with Gasteiger partial charge in [0.15, 0.2) is 0 Å². The molecule has 4 nitrogen and oxygen atoms in total. The summed E-state index contributed by atoms with van der Waals surface area (Å²) in [5.74, 6) is 1.01. The molecule has 0 saturated heterocycles. The number of pyridine rings is 1. The van der Waals surface area contributed by atoms with Crippen molar-refractivity contribution >= 4 is 54.5 Å². The lowest BCUT2D eigenvalue weighted by Gasteiger charge is -2.15. The van der Waals surface area contributed by atoms with Crippen molar-refractivity contribution < 1.29 is 0 Å². The second kappa shape index (κ2) is 12.9. The van der Waals surface area contributed by atoms with Gasteiger partial charge in [0.2, 0.25) is 0 Å². The van der Waals surface area contributed by atoms with Crippen LogP contribution < -0.4 is 0 Å². The van der Waals surface area contributed by atoms with Crippen molar-refractivity contribution in [3.8, 4) is 50.6 Å². The third kappa shape index (κ3) is 5.07. The molecule has 0 atom stereocenters. The molecule has 11 aromatic rings. The quantitative estimate of drug-likeness (QED) is 0.161. The van der Waals surface area contributed by atoms with Crippen LogP contribution in [0.15, 0.2) is 188 Å². The molecule has 8 aromatic carbocycles. The summed E-state index contributed by atoms with van der Waals surface area (Å²) in [4.78, 5) is 10.4. The van der Waals surface area contributed by atoms with Crippen LogP contribution in [-0.4, -0.2) is 19.1 Å². The molecule has 0 radical (unpaired) electrons. The molecule has 4 heteroatoms. The SMILES string of the molecule is CCn1c(-c2ccc(-c3ccc(-c4ccc5c(c4)nc(-c4ccccc4)c4ccc6c7ccccc7n(-c7ccccc7)c6c45)cc3)cc2)nc2ccccc21. The standard InChI is InChI=1S/C52H36N4/c1-2-55-48-20-12-10-18-45(48)54-52(55)38-27-25-35(26-28-38)34-21-23-36(24-22-34)39-29-30-43-46(33-39)53-50(37-13-5-3-6-14-37)44-32-31-42-41-17-9-11-19-47(41)56(51(42)49(43)44)40-15-7-4-8-16-40/h3-33H,2H2,1H3. The Bertz CT molecular complexity index is 3250. The fraction of sp³-hybridized carbons (Fsp3) is 0.0385. The molecule has 0 saturated carbocycles. The van der Waals surface area contributed by atoms with Gasteiger partial charge in [-0.1, -0.05) is 152 Å². The maximum atomic E-state index is 5.43. The maximum absolute atomic E-state index is 5.43. The number of hydrogen-bond donors (Lipinski definition) is 0. The van der Waals surface area contributed by atoms with Gasteiger partial charge in [0.1, 0.15) is 5.82 Å². The number of aromatic nitrogens is 4. The summed E-state index contributed by atoms with van der Waals surface area (Å²) in [5.41, 5.74) is 14.6. The van der Waals surface area contributed by atoms with Crippen LogP contribution in [-0.2, 0) is 6.54 Å². The lowest BCUT2D eigenvalue weighted by Crippen LogP contribution is -1.97. The van der Waals surface area contributed by atoms with Crippen molar-refractivity contribution in [3.63, 3.8) is 0 Å². The molecule has 56 heavy (non-hydrogen) atoms. The van der Waals surface area contributed by atoms with Crippen LogP contribution in [0.25, 0.3) is 105 Å². The minimum Gasteiger partial charge on any atom is -0.324 e. The summed E-state index contributed by atoms with van der Waals surface area (Å²) in [6, 6.07) is 67.4. The number of benzene rings is 8. The van der Waals surface area contributed by atoms with Gasteiger partial charge < -0.3 is 9.13 Å². The highest BCUT2D eigenvalue weighted by atomic mass is 15.1. The first-order valence-electron chi connectivity index (χ1n) is 19.3. The highest BCUT2D eigenvalue weighted by Gasteiger charge is 2.20. The summed E-state index contributed by atoms with van der Waals surface area (Å²) >= 11 is 0. The molecule has 0 aliphatic carbocycles. The van der Waals surface area contributed by atoms with Crippen LogP contribution in [0.5, 0.6) is 0 Å². The molecule has 3 heterocycles. The van der Waals surface area contributed by atoms with Crippen LogP contribution in [0, 0.1) is 0 Å². The molecule has 3 aromatic heterocycles. The first-order valence-corrected chi connectivity index (χ1v) is 19.3. The Morgan fingerprint density at radius 1 is 0.411 bits per heavy atom. The molecule has 0 aliphatic rings. The monoisotopic (exact) mass is 716 g/mol. The number of fused-ring (bicyclic) bond motifs is 8. The average Bonchev–Trinajstić information content (AvgIpc) is 3.82. The first-order chi connectivity index (χ1) is 27.7. The Morgan fingerprint density at radius 2 is 0.982 bits per heavy atom. The van der Waals surface area contributed by atoms with E-state index >= 15 is 0 Å². The Balaban J connectivity index is 1.04. The van der Waals surface area contributed by atoms with Crippen molar-refractivity contribution in [2.24, 2.45) is 0 Å². The topological polar surface area (TPSA) is 35.6 Å². The fourth-order valence-electron chi connectivity index (χ4n) is 8.67. The van der Waals surface area contributed by atoms with E-state index in [-0.39, 0.29) is 0 Å². The van der Waals surface area contributed by atoms with Crippen LogP contribution in [0.2, 0.25) is 0 Å². The Kier molecular flexibility index (Phi) is 7.42. The molecule has 0 spiro atoms. The number of nitrogens with zero attached hydrogens (tertiary/aromatic N) is 4. The lowest BCUT2D eigenvalue weighted by atomic mass is 9.95. The number of imidazole rings is 1. The lowest BCUT2D eigenvalue weighted by molar-refractivity contribution is 0.796. The van der Waals surface area contributed by atoms with Gasteiger partial charge in [-0.15, -0.1) is 0 Å². The molecular weight excluding hydrogens is 681 g/mol. The second-order valence-electron chi connectivity index (χ2n) is 14.5. The smallest absolute Gasteiger partial charge is 0.141 e. The highest BCUT2D eigenvalue weighted by Crippen LogP contribution is 2.42. The van der Waals surface area contributed by atoms with Crippen molar-refractivity contribution in [1.82, 2.24) is 19.1 Å². The van der Waals surface area contributed by atoms with E-state index in [4.69, 9.17) is 9.97 Å². The zero-order valence-corrected chi connectivity index (χ0v) is 30.9. The summed E-state index contributed by atoms with van der Waals surface area (Å²) in [6.45, 7) is 3.05. The van der Waals surface area contributed by atoms with Gasteiger partial charge in [-0.2, -0.15) is 0 Å². The average molecular weight is 717 g/mol. The fourth-order valence-corrected chi connectivity index (χ4v) is 8.67. The molecular formula is C52H36N4. The van der Waals surface area contributed by atoms with Gasteiger partial charge in [-0.05, 0) is 65.6 Å². The van der Waals surface area contributed by atoms with Gasteiger partial charge in [0.25, 0.3) is 0 Å². The van der Waals surface area contributed by atoms with Gasteiger partial charge in [0.05, 0.1) is 33.3 Å². The predicted molar refractivity (Wildman–Crippen MR) is 234 cm³/mol. The third-order valence-corrected chi connectivity index (χ3v) is 11.3. The molecule has 0 amide bonds. The minimum atomic E-state index is 0.871. The van der Waals surface area contributed by atoms with Gasteiger partial charge in [0, 0.05) is 50.3 Å². The third-order valence-electron chi connectivity index (χ3n) is 11.3. The predicted octanol–water partition coefficient (Wildman–Crippen LogP) is 13.5. The molecule has 264 valence electrons. The van der Waals surface area contributed by atoms with E-state index in [1.54, 1.807) is 0 Å². The second-order valence-corrected chi connectivity index (χ2v) is 14.5. The first kappa shape index (κ1) is 32.2. The largest absolute Gasteiger partial charge is 0.324 e. The normalized spacial score (nSPS) is 11.7. The van der Waals surface area contributed by atoms with Crippen molar-refractivity contribution in [3.05, 3.63) is 188 Å². The Hall–Kier alpha value is -7.30. The summed E-state index contributed by atoms with van der Waals surface area (Å²) in [5, 5.41) is 5.98. The Labute approximate surface area is 324 Å². The zero-order valence-electron chi connectivity index (χ0n) is 30.9. The van der Waals surface area contributed by atoms with E-state index in [0.717, 1.165) is 67.8 Å². The van der Waals surface area contributed by atoms with Crippen molar-refractivity contribution in [1.29, 1.82) is 0 Å². The van der Waals surface area contributed by atoms with Gasteiger partial charge in [-0.3, -0.25) is 0 Å². The van der Waals surface area contributed by atoms with E-state index in [2.05, 4.69) is 198 Å². The summed E-state index contributed by atoms with van der Waals surface area (Å²) < 4.78 is 4.72. The summed E-state index contributed by atoms with van der Waals surface area (Å²) in [6.07, 6.45) is 0. The zero-order chi connectivity index (χ0) is 37.2. The number of rotatable bonds is 6. The molecule has 0 N–H and O–H groups in total. The van der Waals surface area contributed by atoms with E-state index in [9.17, 15) is 0 Å². The van der Waals surface area contributed by atoms with E-state index in [1.807, 2.05) is 6.07 Å². The van der Waals surface area contributed by atoms with E-state index < -0.39 is 0 Å².